The van der Waals surface area contributed by atoms with Gasteiger partial charge < -0.3 is 10.6 Å². The lowest BCUT2D eigenvalue weighted by Crippen LogP contribution is -2.46. The van der Waals surface area contributed by atoms with Gasteiger partial charge in [0.1, 0.15) is 0 Å². The largest absolute Gasteiger partial charge is 0.355 e. The highest BCUT2D eigenvalue weighted by Crippen LogP contribution is 2.09. The van der Waals surface area contributed by atoms with E-state index in [0.29, 0.717) is 12.1 Å². The zero-order chi connectivity index (χ0) is 14.4. The van der Waals surface area contributed by atoms with E-state index in [1.54, 1.807) is 0 Å². The SMILES string of the molecule is O=C(Cc1ccc(F)c(F)c1)NCCN1CCNCC1. The third-order valence-corrected chi connectivity index (χ3v) is 3.31. The molecule has 1 aliphatic rings. The molecule has 6 heteroatoms. The van der Waals surface area contributed by atoms with Crippen molar-refractivity contribution in [2.24, 2.45) is 0 Å². The maximum atomic E-state index is 13.0. The fourth-order valence-electron chi connectivity index (χ4n) is 2.19. The fourth-order valence-corrected chi connectivity index (χ4v) is 2.19. The molecule has 1 heterocycles. The van der Waals surface area contributed by atoms with Crippen molar-refractivity contribution in [1.29, 1.82) is 0 Å². The molecular formula is C14H19F2N3O. The molecule has 0 saturated carbocycles. The zero-order valence-corrected chi connectivity index (χ0v) is 11.3. The number of hydrogen-bond acceptors (Lipinski definition) is 3. The van der Waals surface area contributed by atoms with Gasteiger partial charge >= 0.3 is 0 Å². The topological polar surface area (TPSA) is 44.4 Å². The van der Waals surface area contributed by atoms with Crippen LogP contribution in [-0.4, -0.2) is 50.1 Å². The molecule has 0 bridgehead atoms. The third kappa shape index (κ3) is 4.54. The third-order valence-electron chi connectivity index (χ3n) is 3.31. The minimum absolute atomic E-state index is 0.0682. The normalized spacial score (nSPS) is 16.1. The Morgan fingerprint density at radius 3 is 2.70 bits per heavy atom. The van der Waals surface area contributed by atoms with Gasteiger partial charge in [-0.3, -0.25) is 9.69 Å². The summed E-state index contributed by atoms with van der Waals surface area (Å²) in [6.07, 6.45) is 0.0682. The first kappa shape index (κ1) is 14.9. The Balaban J connectivity index is 1.70. The van der Waals surface area contributed by atoms with E-state index in [0.717, 1.165) is 44.9 Å². The highest BCUT2D eigenvalue weighted by molar-refractivity contribution is 5.78. The summed E-state index contributed by atoms with van der Waals surface area (Å²) in [5, 5.41) is 6.06. The Kier molecular flexibility index (Phi) is 5.43. The van der Waals surface area contributed by atoms with Crippen LogP contribution < -0.4 is 10.6 Å². The van der Waals surface area contributed by atoms with E-state index >= 15 is 0 Å². The molecule has 0 aromatic heterocycles. The van der Waals surface area contributed by atoms with Gasteiger partial charge in [0, 0.05) is 39.3 Å². The molecule has 0 atom stereocenters. The number of hydrogen-bond donors (Lipinski definition) is 2. The highest BCUT2D eigenvalue weighted by atomic mass is 19.2. The number of piperazine rings is 1. The lowest BCUT2D eigenvalue weighted by Gasteiger charge is -2.27. The number of nitrogens with one attached hydrogen (secondary N) is 2. The summed E-state index contributed by atoms with van der Waals surface area (Å²) in [5.41, 5.74) is 0.476. The number of carbonyl (C=O) groups excluding carboxylic acids is 1. The molecule has 20 heavy (non-hydrogen) atoms. The Morgan fingerprint density at radius 2 is 2.00 bits per heavy atom. The minimum atomic E-state index is -0.920. The molecule has 0 spiro atoms. The van der Waals surface area contributed by atoms with Gasteiger partial charge in [0.25, 0.3) is 0 Å². The van der Waals surface area contributed by atoms with Crippen molar-refractivity contribution in [2.75, 3.05) is 39.3 Å². The van der Waals surface area contributed by atoms with Crippen LogP contribution in [0.15, 0.2) is 18.2 Å². The Labute approximate surface area is 117 Å². The van der Waals surface area contributed by atoms with Crippen molar-refractivity contribution in [3.8, 4) is 0 Å². The second-order valence-electron chi connectivity index (χ2n) is 4.87. The number of nitrogens with zero attached hydrogens (tertiary/aromatic N) is 1. The lowest BCUT2D eigenvalue weighted by atomic mass is 10.1. The zero-order valence-electron chi connectivity index (χ0n) is 11.3. The van der Waals surface area contributed by atoms with Crippen LogP contribution >= 0.6 is 0 Å². The monoisotopic (exact) mass is 283 g/mol. The predicted molar refractivity (Wildman–Crippen MR) is 72.4 cm³/mol. The second-order valence-corrected chi connectivity index (χ2v) is 4.87. The quantitative estimate of drug-likeness (QED) is 0.828. The first-order valence-corrected chi connectivity index (χ1v) is 6.79. The Hall–Kier alpha value is -1.53. The molecule has 1 fully saturated rings. The van der Waals surface area contributed by atoms with Crippen LogP contribution in [0.2, 0.25) is 0 Å². The summed E-state index contributed by atoms with van der Waals surface area (Å²) < 4.78 is 25.8. The van der Waals surface area contributed by atoms with Crippen LogP contribution in [0.3, 0.4) is 0 Å². The highest BCUT2D eigenvalue weighted by Gasteiger charge is 2.10. The van der Waals surface area contributed by atoms with Gasteiger partial charge in [-0.05, 0) is 17.7 Å². The average Bonchev–Trinajstić information content (AvgIpc) is 2.44. The summed E-state index contributed by atoms with van der Waals surface area (Å²) in [6.45, 7) is 5.30. The molecule has 2 rings (SSSR count). The van der Waals surface area contributed by atoms with E-state index in [1.165, 1.54) is 6.07 Å². The van der Waals surface area contributed by atoms with E-state index in [-0.39, 0.29) is 12.3 Å². The molecule has 0 radical (unpaired) electrons. The van der Waals surface area contributed by atoms with Gasteiger partial charge in [0.15, 0.2) is 11.6 Å². The van der Waals surface area contributed by atoms with Crippen molar-refractivity contribution in [3.05, 3.63) is 35.4 Å². The molecule has 1 aliphatic heterocycles. The van der Waals surface area contributed by atoms with Gasteiger partial charge in [0.2, 0.25) is 5.91 Å². The first-order chi connectivity index (χ1) is 9.65. The van der Waals surface area contributed by atoms with Gasteiger partial charge in [-0.1, -0.05) is 6.07 Å². The molecule has 4 nitrogen and oxygen atoms in total. The summed E-state index contributed by atoms with van der Waals surface area (Å²) in [6, 6.07) is 3.53. The van der Waals surface area contributed by atoms with Gasteiger partial charge in [0.05, 0.1) is 6.42 Å². The Bertz CT molecular complexity index is 462. The summed E-state index contributed by atoms with van der Waals surface area (Å²) >= 11 is 0. The van der Waals surface area contributed by atoms with Crippen LogP contribution in [-0.2, 0) is 11.2 Å². The maximum Gasteiger partial charge on any atom is 0.224 e. The number of amides is 1. The molecule has 1 saturated heterocycles. The molecular weight excluding hydrogens is 264 g/mol. The second kappa shape index (κ2) is 7.31. The van der Waals surface area contributed by atoms with Crippen molar-refractivity contribution in [2.45, 2.75) is 6.42 Å². The van der Waals surface area contributed by atoms with Crippen LogP contribution in [0.1, 0.15) is 5.56 Å². The standard InChI is InChI=1S/C14H19F2N3O/c15-12-2-1-11(9-13(12)16)10-14(20)18-5-8-19-6-3-17-4-7-19/h1-2,9,17H,3-8,10H2,(H,18,20). The van der Waals surface area contributed by atoms with E-state index in [2.05, 4.69) is 15.5 Å². The molecule has 2 N–H and O–H groups in total. The van der Waals surface area contributed by atoms with E-state index in [4.69, 9.17) is 0 Å². The van der Waals surface area contributed by atoms with Gasteiger partial charge in [-0.15, -0.1) is 0 Å². The molecule has 110 valence electrons. The smallest absolute Gasteiger partial charge is 0.224 e. The van der Waals surface area contributed by atoms with E-state index in [1.807, 2.05) is 0 Å². The maximum absolute atomic E-state index is 13.0. The molecule has 1 aromatic carbocycles. The molecule has 0 aliphatic carbocycles. The summed E-state index contributed by atoms with van der Waals surface area (Å²) in [7, 11) is 0. The lowest BCUT2D eigenvalue weighted by molar-refractivity contribution is -0.120. The molecule has 1 aromatic rings. The number of halogens is 2. The minimum Gasteiger partial charge on any atom is -0.355 e. The number of rotatable bonds is 5. The molecule has 0 unspecified atom stereocenters. The van der Waals surface area contributed by atoms with Crippen LogP contribution in [0, 0.1) is 11.6 Å². The first-order valence-electron chi connectivity index (χ1n) is 6.79. The summed E-state index contributed by atoms with van der Waals surface area (Å²) in [4.78, 5) is 14.0. The van der Waals surface area contributed by atoms with Crippen molar-refractivity contribution < 1.29 is 13.6 Å². The van der Waals surface area contributed by atoms with Gasteiger partial charge in [-0.25, -0.2) is 8.78 Å². The Morgan fingerprint density at radius 1 is 1.25 bits per heavy atom. The van der Waals surface area contributed by atoms with Crippen molar-refractivity contribution in [3.63, 3.8) is 0 Å². The number of benzene rings is 1. The van der Waals surface area contributed by atoms with Crippen LogP contribution in [0.5, 0.6) is 0 Å². The summed E-state index contributed by atoms with van der Waals surface area (Å²) in [5.74, 6) is -1.99. The molecule has 1 amide bonds. The van der Waals surface area contributed by atoms with Crippen molar-refractivity contribution in [1.82, 2.24) is 15.5 Å². The van der Waals surface area contributed by atoms with E-state index in [9.17, 15) is 13.6 Å². The van der Waals surface area contributed by atoms with Crippen LogP contribution in [0.4, 0.5) is 8.78 Å². The van der Waals surface area contributed by atoms with Crippen LogP contribution in [0.25, 0.3) is 0 Å². The number of carbonyl (C=O) groups is 1. The predicted octanol–water partition coefficient (Wildman–Crippen LogP) is 0.529. The van der Waals surface area contributed by atoms with Crippen molar-refractivity contribution >= 4 is 5.91 Å². The fraction of sp³-hybridized carbons (Fsp3) is 0.500. The van der Waals surface area contributed by atoms with E-state index < -0.39 is 11.6 Å². The average molecular weight is 283 g/mol. The van der Waals surface area contributed by atoms with Gasteiger partial charge in [-0.2, -0.15) is 0 Å².